The maximum absolute atomic E-state index is 11.7. The topological polar surface area (TPSA) is 9.23 Å². The van der Waals surface area contributed by atoms with Gasteiger partial charge in [-0.3, -0.25) is 4.39 Å². The molecule has 0 atom stereocenters. The summed E-state index contributed by atoms with van der Waals surface area (Å²) in [4.78, 5) is 0. The van der Waals surface area contributed by atoms with Crippen LogP contribution in [-0.4, -0.2) is 19.9 Å². The first-order valence-corrected chi connectivity index (χ1v) is 5.02. The molecule has 2 heteroatoms. The molecular formula is C12H17FO. The SMILES string of the molecule is Cc1ccc(CCOCCCF)cc1. The van der Waals surface area contributed by atoms with Gasteiger partial charge in [-0.1, -0.05) is 29.8 Å². The van der Waals surface area contributed by atoms with Crippen molar-refractivity contribution in [1.82, 2.24) is 0 Å². The molecule has 0 amide bonds. The van der Waals surface area contributed by atoms with E-state index in [9.17, 15) is 4.39 Å². The van der Waals surface area contributed by atoms with Crippen LogP contribution in [0.4, 0.5) is 4.39 Å². The Bertz CT molecular complexity index is 243. The molecule has 1 aromatic carbocycles. The Balaban J connectivity index is 2.15. The molecule has 0 N–H and O–H groups in total. The lowest BCUT2D eigenvalue weighted by molar-refractivity contribution is 0.129. The summed E-state index contributed by atoms with van der Waals surface area (Å²) in [7, 11) is 0. The fraction of sp³-hybridized carbons (Fsp3) is 0.500. The fourth-order valence-corrected chi connectivity index (χ4v) is 1.20. The fourth-order valence-electron chi connectivity index (χ4n) is 1.20. The molecule has 0 aliphatic rings. The van der Waals surface area contributed by atoms with Crippen molar-refractivity contribution in [1.29, 1.82) is 0 Å². The molecule has 0 aliphatic heterocycles. The summed E-state index contributed by atoms with van der Waals surface area (Å²) in [6.07, 6.45) is 1.42. The van der Waals surface area contributed by atoms with Crippen molar-refractivity contribution in [3.63, 3.8) is 0 Å². The monoisotopic (exact) mass is 196 g/mol. The maximum Gasteiger partial charge on any atom is 0.0916 e. The first kappa shape index (κ1) is 11.2. The maximum atomic E-state index is 11.7. The van der Waals surface area contributed by atoms with Crippen molar-refractivity contribution >= 4 is 0 Å². The second kappa shape index (κ2) is 6.55. The summed E-state index contributed by atoms with van der Waals surface area (Å²) in [6, 6.07) is 8.40. The number of halogens is 1. The normalized spacial score (nSPS) is 10.4. The average Bonchev–Trinajstić information content (AvgIpc) is 2.21. The largest absolute Gasteiger partial charge is 0.381 e. The number of rotatable bonds is 6. The van der Waals surface area contributed by atoms with Gasteiger partial charge < -0.3 is 4.74 Å². The molecule has 0 saturated carbocycles. The highest BCUT2D eigenvalue weighted by molar-refractivity contribution is 5.21. The molecule has 78 valence electrons. The first-order chi connectivity index (χ1) is 6.83. The molecule has 0 saturated heterocycles. The van der Waals surface area contributed by atoms with Crippen LogP contribution < -0.4 is 0 Å². The first-order valence-electron chi connectivity index (χ1n) is 5.02. The summed E-state index contributed by atoms with van der Waals surface area (Å²) in [6.45, 7) is 3.00. The average molecular weight is 196 g/mol. The molecule has 1 aromatic rings. The van der Waals surface area contributed by atoms with E-state index in [1.54, 1.807) is 0 Å². The zero-order valence-electron chi connectivity index (χ0n) is 8.63. The van der Waals surface area contributed by atoms with E-state index in [1.165, 1.54) is 11.1 Å². The summed E-state index contributed by atoms with van der Waals surface area (Å²) < 4.78 is 17.0. The van der Waals surface area contributed by atoms with Crippen LogP contribution in [0, 0.1) is 6.92 Å². The number of aryl methyl sites for hydroxylation is 1. The minimum Gasteiger partial charge on any atom is -0.381 e. The van der Waals surface area contributed by atoms with Crippen LogP contribution in [0.3, 0.4) is 0 Å². The van der Waals surface area contributed by atoms with Gasteiger partial charge in [0, 0.05) is 6.61 Å². The molecule has 0 aromatic heterocycles. The zero-order valence-corrected chi connectivity index (χ0v) is 8.63. The van der Waals surface area contributed by atoms with Crippen molar-refractivity contribution in [3.8, 4) is 0 Å². The standard InChI is InChI=1S/C12H17FO/c1-11-3-5-12(6-4-11)7-10-14-9-2-8-13/h3-6H,2,7-10H2,1H3. The Kier molecular flexibility index (Phi) is 5.23. The van der Waals surface area contributed by atoms with Gasteiger partial charge in [0.1, 0.15) is 0 Å². The summed E-state index contributed by atoms with van der Waals surface area (Å²) in [5.74, 6) is 0. The van der Waals surface area contributed by atoms with Crippen LogP contribution >= 0.6 is 0 Å². The van der Waals surface area contributed by atoms with E-state index >= 15 is 0 Å². The molecule has 0 heterocycles. The van der Waals surface area contributed by atoms with Gasteiger partial charge in [-0.2, -0.15) is 0 Å². The zero-order chi connectivity index (χ0) is 10.2. The molecule has 1 nitrogen and oxygen atoms in total. The van der Waals surface area contributed by atoms with Crippen molar-refractivity contribution in [2.45, 2.75) is 19.8 Å². The Labute approximate surface area is 84.9 Å². The number of alkyl halides is 1. The lowest BCUT2D eigenvalue weighted by atomic mass is 10.1. The van der Waals surface area contributed by atoms with Gasteiger partial charge >= 0.3 is 0 Å². The highest BCUT2D eigenvalue weighted by Crippen LogP contribution is 2.03. The molecule has 1 rings (SSSR count). The number of hydrogen-bond donors (Lipinski definition) is 0. The highest BCUT2D eigenvalue weighted by atomic mass is 19.1. The Morgan fingerprint density at radius 1 is 1.14 bits per heavy atom. The Morgan fingerprint density at radius 2 is 1.86 bits per heavy atom. The van der Waals surface area contributed by atoms with Gasteiger partial charge in [-0.25, -0.2) is 0 Å². The van der Waals surface area contributed by atoms with Gasteiger partial charge in [0.15, 0.2) is 0 Å². The third-order valence-corrected chi connectivity index (χ3v) is 2.08. The van der Waals surface area contributed by atoms with E-state index in [0.29, 0.717) is 19.6 Å². The molecule has 0 bridgehead atoms. The lowest BCUT2D eigenvalue weighted by Crippen LogP contribution is -2.00. The predicted octanol–water partition coefficient (Wildman–Crippen LogP) is 2.91. The molecule has 0 spiro atoms. The number of hydrogen-bond acceptors (Lipinski definition) is 1. The Hall–Kier alpha value is -0.890. The third kappa shape index (κ3) is 4.38. The molecule has 0 unspecified atom stereocenters. The molecule has 0 aliphatic carbocycles. The van der Waals surface area contributed by atoms with E-state index < -0.39 is 0 Å². The third-order valence-electron chi connectivity index (χ3n) is 2.08. The quantitative estimate of drug-likeness (QED) is 0.636. The van der Waals surface area contributed by atoms with Gasteiger partial charge in [0.2, 0.25) is 0 Å². The van der Waals surface area contributed by atoms with Crippen LogP contribution in [0.2, 0.25) is 0 Å². The second-order valence-electron chi connectivity index (χ2n) is 3.39. The summed E-state index contributed by atoms with van der Waals surface area (Å²) in [5, 5.41) is 0. The second-order valence-corrected chi connectivity index (χ2v) is 3.39. The van der Waals surface area contributed by atoms with E-state index in [4.69, 9.17) is 4.74 Å². The highest BCUT2D eigenvalue weighted by Gasteiger charge is 1.93. The molecule has 0 fully saturated rings. The van der Waals surface area contributed by atoms with Crippen LogP contribution in [0.15, 0.2) is 24.3 Å². The van der Waals surface area contributed by atoms with Gasteiger partial charge in [0.05, 0.1) is 13.3 Å². The smallest absolute Gasteiger partial charge is 0.0916 e. The minimum atomic E-state index is -0.287. The van der Waals surface area contributed by atoms with E-state index in [0.717, 1.165) is 6.42 Å². The predicted molar refractivity (Wildman–Crippen MR) is 56.3 cm³/mol. The van der Waals surface area contributed by atoms with Crippen LogP contribution in [0.1, 0.15) is 17.5 Å². The van der Waals surface area contributed by atoms with Crippen LogP contribution in [-0.2, 0) is 11.2 Å². The van der Waals surface area contributed by atoms with Gasteiger partial charge in [-0.15, -0.1) is 0 Å². The van der Waals surface area contributed by atoms with Crippen molar-refractivity contribution in [2.24, 2.45) is 0 Å². The Morgan fingerprint density at radius 3 is 2.50 bits per heavy atom. The summed E-state index contributed by atoms with van der Waals surface area (Å²) >= 11 is 0. The number of ether oxygens (including phenoxy) is 1. The minimum absolute atomic E-state index is 0.287. The van der Waals surface area contributed by atoms with Crippen molar-refractivity contribution in [2.75, 3.05) is 19.9 Å². The molecule has 0 radical (unpaired) electrons. The lowest BCUT2D eigenvalue weighted by Gasteiger charge is -2.03. The van der Waals surface area contributed by atoms with Gasteiger partial charge in [0.25, 0.3) is 0 Å². The van der Waals surface area contributed by atoms with Crippen molar-refractivity contribution in [3.05, 3.63) is 35.4 Å². The van der Waals surface area contributed by atoms with Crippen molar-refractivity contribution < 1.29 is 9.13 Å². The molecular weight excluding hydrogens is 179 g/mol. The van der Waals surface area contributed by atoms with E-state index in [2.05, 4.69) is 31.2 Å². The van der Waals surface area contributed by atoms with Crippen LogP contribution in [0.25, 0.3) is 0 Å². The van der Waals surface area contributed by atoms with Crippen LogP contribution in [0.5, 0.6) is 0 Å². The molecule has 14 heavy (non-hydrogen) atoms. The van der Waals surface area contributed by atoms with Gasteiger partial charge in [-0.05, 0) is 25.3 Å². The summed E-state index contributed by atoms with van der Waals surface area (Å²) in [5.41, 5.74) is 2.54. The van der Waals surface area contributed by atoms with E-state index in [-0.39, 0.29) is 6.67 Å². The van der Waals surface area contributed by atoms with E-state index in [1.807, 2.05) is 0 Å². The number of benzene rings is 1.